The number of carbonyl (C=O) groups is 1. The Labute approximate surface area is 125 Å². The Kier molecular flexibility index (Phi) is 4.90. The lowest BCUT2D eigenvalue weighted by atomic mass is 10.0. The van der Waals surface area contributed by atoms with Crippen LogP contribution in [0.1, 0.15) is 23.7 Å². The Morgan fingerprint density at radius 1 is 1.59 bits per heavy atom. The maximum atomic E-state index is 12.3. The fraction of sp³-hybridized carbons (Fsp3) is 0.571. The van der Waals surface area contributed by atoms with Crippen molar-refractivity contribution in [3.8, 4) is 5.88 Å². The van der Waals surface area contributed by atoms with Crippen molar-refractivity contribution in [3.63, 3.8) is 0 Å². The summed E-state index contributed by atoms with van der Waals surface area (Å²) in [6, 6.07) is 2.63. The molecule has 122 valence electrons. The monoisotopic (exact) mass is 318 g/mol. The summed E-state index contributed by atoms with van der Waals surface area (Å²) in [7, 11) is 0. The topological polar surface area (TPSA) is 62.7 Å². The van der Waals surface area contributed by atoms with E-state index in [4.69, 9.17) is 0 Å². The van der Waals surface area contributed by atoms with Crippen LogP contribution in [0.5, 0.6) is 5.88 Å². The molecular weight excluding hydrogens is 301 g/mol. The van der Waals surface area contributed by atoms with Crippen molar-refractivity contribution < 1.29 is 27.8 Å². The fourth-order valence-electron chi connectivity index (χ4n) is 2.33. The van der Waals surface area contributed by atoms with E-state index in [-0.39, 0.29) is 23.3 Å². The van der Waals surface area contributed by atoms with Crippen LogP contribution < -0.4 is 4.74 Å². The summed E-state index contributed by atoms with van der Waals surface area (Å²) in [5, 5.41) is 9.54. The third-order valence-electron chi connectivity index (χ3n) is 3.56. The quantitative estimate of drug-likeness (QED) is 0.920. The smallest absolute Gasteiger partial charge is 0.422 e. The molecule has 5 nitrogen and oxygen atoms in total. The summed E-state index contributed by atoms with van der Waals surface area (Å²) in [6.45, 7) is 1.16. The number of pyridine rings is 1. The molecule has 22 heavy (non-hydrogen) atoms. The van der Waals surface area contributed by atoms with Gasteiger partial charge in [0.25, 0.3) is 5.91 Å². The van der Waals surface area contributed by atoms with Crippen molar-refractivity contribution in [3.05, 3.63) is 23.9 Å². The van der Waals surface area contributed by atoms with Gasteiger partial charge < -0.3 is 14.7 Å². The summed E-state index contributed by atoms with van der Waals surface area (Å²) in [5.41, 5.74) is 0.221. The highest BCUT2D eigenvalue weighted by Crippen LogP contribution is 2.23. The van der Waals surface area contributed by atoms with Crippen molar-refractivity contribution in [1.29, 1.82) is 0 Å². The molecule has 1 amide bonds. The van der Waals surface area contributed by atoms with Gasteiger partial charge in [-0.1, -0.05) is 0 Å². The minimum absolute atomic E-state index is 0.0201. The van der Waals surface area contributed by atoms with Crippen LogP contribution in [0.25, 0.3) is 0 Å². The Morgan fingerprint density at radius 2 is 2.32 bits per heavy atom. The highest BCUT2D eigenvalue weighted by Gasteiger charge is 2.31. The maximum Gasteiger partial charge on any atom is 0.422 e. The third-order valence-corrected chi connectivity index (χ3v) is 3.56. The van der Waals surface area contributed by atoms with Crippen molar-refractivity contribution in [2.75, 3.05) is 19.7 Å². The first kappa shape index (κ1) is 16.5. The number of hydrogen-bond donors (Lipinski definition) is 1. The Bertz CT molecular complexity index is 534. The van der Waals surface area contributed by atoms with Crippen LogP contribution in [0, 0.1) is 5.92 Å². The average Bonchev–Trinajstić information content (AvgIpc) is 2.94. The van der Waals surface area contributed by atoms with Crippen LogP contribution in [-0.2, 0) is 0 Å². The Morgan fingerprint density at radius 3 is 2.91 bits per heavy atom. The van der Waals surface area contributed by atoms with E-state index >= 15 is 0 Å². The van der Waals surface area contributed by atoms with E-state index in [0.29, 0.717) is 19.5 Å². The number of ether oxygens (including phenoxy) is 1. The number of aliphatic hydroxyl groups excluding tert-OH is 1. The highest BCUT2D eigenvalue weighted by molar-refractivity contribution is 5.94. The number of nitrogens with zero attached hydrogens (tertiary/aromatic N) is 2. The van der Waals surface area contributed by atoms with Gasteiger partial charge in [-0.2, -0.15) is 13.2 Å². The summed E-state index contributed by atoms with van der Waals surface area (Å²) in [4.78, 5) is 17.5. The molecule has 0 bridgehead atoms. The van der Waals surface area contributed by atoms with E-state index in [0.717, 1.165) is 0 Å². The van der Waals surface area contributed by atoms with Crippen molar-refractivity contribution in [2.24, 2.45) is 5.92 Å². The lowest BCUT2D eigenvalue weighted by Gasteiger charge is -2.18. The Balaban J connectivity index is 2.02. The number of rotatable bonds is 4. The number of hydrogen-bond acceptors (Lipinski definition) is 4. The van der Waals surface area contributed by atoms with Gasteiger partial charge in [0, 0.05) is 36.8 Å². The number of alkyl halides is 3. The van der Waals surface area contributed by atoms with Crippen LogP contribution in [0.3, 0.4) is 0 Å². The maximum absolute atomic E-state index is 12.3. The number of halogens is 3. The molecule has 2 rings (SSSR count). The minimum Gasteiger partial charge on any atom is -0.468 e. The molecule has 0 radical (unpaired) electrons. The van der Waals surface area contributed by atoms with Gasteiger partial charge in [0.2, 0.25) is 5.88 Å². The second kappa shape index (κ2) is 6.51. The van der Waals surface area contributed by atoms with E-state index in [1.807, 2.05) is 0 Å². The first-order chi connectivity index (χ1) is 10.3. The predicted molar refractivity (Wildman–Crippen MR) is 71.5 cm³/mol. The lowest BCUT2D eigenvalue weighted by molar-refractivity contribution is -0.154. The normalized spacial score (nSPS) is 20.0. The summed E-state index contributed by atoms with van der Waals surface area (Å²) in [5.74, 6) is -0.524. The second-order valence-electron chi connectivity index (χ2n) is 5.33. The Hall–Kier alpha value is -1.83. The van der Waals surface area contributed by atoms with E-state index in [1.54, 1.807) is 11.8 Å². The first-order valence-corrected chi connectivity index (χ1v) is 6.89. The van der Waals surface area contributed by atoms with E-state index in [9.17, 15) is 23.1 Å². The van der Waals surface area contributed by atoms with E-state index in [1.165, 1.54) is 18.3 Å². The molecular formula is C14H17F3N2O3. The van der Waals surface area contributed by atoms with Crippen LogP contribution in [-0.4, -0.2) is 52.9 Å². The van der Waals surface area contributed by atoms with Gasteiger partial charge in [-0.05, 0) is 19.4 Å². The largest absolute Gasteiger partial charge is 0.468 e. The molecule has 2 unspecified atom stereocenters. The molecule has 1 fully saturated rings. The molecule has 0 aromatic carbocycles. The number of amides is 1. The molecule has 1 aromatic rings. The van der Waals surface area contributed by atoms with Gasteiger partial charge in [-0.25, -0.2) is 4.98 Å². The van der Waals surface area contributed by atoms with Gasteiger partial charge in [-0.3, -0.25) is 4.79 Å². The molecule has 0 aliphatic carbocycles. The second-order valence-corrected chi connectivity index (χ2v) is 5.33. The number of carbonyl (C=O) groups excluding carboxylic acids is 1. The highest BCUT2D eigenvalue weighted by atomic mass is 19.4. The zero-order chi connectivity index (χ0) is 16.3. The van der Waals surface area contributed by atoms with Gasteiger partial charge in [0.1, 0.15) is 0 Å². The minimum atomic E-state index is -4.46. The summed E-state index contributed by atoms with van der Waals surface area (Å²) >= 11 is 0. The molecule has 0 saturated carbocycles. The first-order valence-electron chi connectivity index (χ1n) is 6.89. The van der Waals surface area contributed by atoms with Crippen molar-refractivity contribution in [2.45, 2.75) is 25.6 Å². The van der Waals surface area contributed by atoms with Crippen LogP contribution in [0.4, 0.5) is 13.2 Å². The van der Waals surface area contributed by atoms with Gasteiger partial charge in [0.05, 0.1) is 6.10 Å². The molecule has 0 spiro atoms. The van der Waals surface area contributed by atoms with E-state index in [2.05, 4.69) is 9.72 Å². The standard InChI is InChI=1S/C14H17F3N2O3/c1-9(20)11-3-5-19(7-11)13(21)10-2-4-18-12(6-10)22-8-14(15,16)17/h2,4,6,9,11,20H,3,5,7-8H2,1H3. The zero-order valence-electron chi connectivity index (χ0n) is 12.0. The molecule has 1 aromatic heterocycles. The zero-order valence-corrected chi connectivity index (χ0v) is 12.0. The van der Waals surface area contributed by atoms with E-state index < -0.39 is 18.9 Å². The van der Waals surface area contributed by atoms with Crippen LogP contribution in [0.15, 0.2) is 18.3 Å². The predicted octanol–water partition coefficient (Wildman–Crippen LogP) is 1.87. The van der Waals surface area contributed by atoms with Crippen LogP contribution >= 0.6 is 0 Å². The molecule has 1 saturated heterocycles. The molecule has 1 aliphatic rings. The number of aromatic nitrogens is 1. The summed E-state index contributed by atoms with van der Waals surface area (Å²) < 4.78 is 40.9. The SMILES string of the molecule is CC(O)C1CCN(C(=O)c2ccnc(OCC(F)(F)F)c2)C1. The average molecular weight is 318 g/mol. The molecule has 2 atom stereocenters. The van der Waals surface area contributed by atoms with Crippen LogP contribution in [0.2, 0.25) is 0 Å². The lowest BCUT2D eigenvalue weighted by Crippen LogP contribution is -2.30. The van der Waals surface area contributed by atoms with Gasteiger partial charge in [-0.15, -0.1) is 0 Å². The number of aliphatic hydroxyl groups is 1. The summed E-state index contributed by atoms with van der Waals surface area (Å²) in [6.07, 6.45) is -3.02. The fourth-order valence-corrected chi connectivity index (χ4v) is 2.33. The van der Waals surface area contributed by atoms with Crippen molar-refractivity contribution in [1.82, 2.24) is 9.88 Å². The number of likely N-dealkylation sites (tertiary alicyclic amines) is 1. The third kappa shape index (κ3) is 4.33. The molecule has 1 aliphatic heterocycles. The van der Waals surface area contributed by atoms with Gasteiger partial charge in [0.15, 0.2) is 6.61 Å². The molecule has 8 heteroatoms. The van der Waals surface area contributed by atoms with Crippen molar-refractivity contribution >= 4 is 5.91 Å². The molecule has 2 heterocycles. The van der Waals surface area contributed by atoms with Gasteiger partial charge >= 0.3 is 6.18 Å². The molecule has 1 N–H and O–H groups in total.